The first-order valence-corrected chi connectivity index (χ1v) is 5.53. The van der Waals surface area contributed by atoms with Crippen molar-refractivity contribution in [3.8, 4) is 0 Å². The Bertz CT molecular complexity index is 491. The van der Waals surface area contributed by atoms with E-state index in [1.165, 1.54) is 5.56 Å². The number of hydrogen-bond acceptors (Lipinski definition) is 2. The van der Waals surface area contributed by atoms with Crippen LogP contribution in [0.1, 0.15) is 16.7 Å². The molecule has 0 atom stereocenters. The quantitative estimate of drug-likeness (QED) is 0.576. The molecule has 0 unspecified atom stereocenters. The normalized spacial score (nSPS) is 10.6. The van der Waals surface area contributed by atoms with Crippen LogP contribution in [-0.2, 0) is 11.4 Å². The number of benzene rings is 2. The maximum Gasteiger partial charge on any atom is 0.142 e. The molecule has 0 spiro atoms. The van der Waals surface area contributed by atoms with Crippen molar-refractivity contribution in [3.05, 3.63) is 71.3 Å². The molecule has 0 saturated carbocycles. The summed E-state index contributed by atoms with van der Waals surface area (Å²) >= 11 is 0. The molecule has 0 aliphatic rings. The minimum absolute atomic E-state index is 0.474. The summed E-state index contributed by atoms with van der Waals surface area (Å²) in [6.07, 6.45) is 2.83. The first kappa shape index (κ1) is 11.4. The lowest BCUT2D eigenvalue weighted by molar-refractivity contribution is 0.132. The number of hydrogen-bond donors (Lipinski definition) is 0. The largest absolute Gasteiger partial charge is 0.390 e. The maximum atomic E-state index is 5.19. The highest BCUT2D eigenvalue weighted by atomic mass is 16.6. The Balaban J connectivity index is 1.86. The molecule has 0 bridgehead atoms. The zero-order valence-electron chi connectivity index (χ0n) is 9.76. The Morgan fingerprint density at radius 1 is 1.06 bits per heavy atom. The second kappa shape index (κ2) is 5.85. The second-order valence-corrected chi connectivity index (χ2v) is 3.83. The maximum absolute atomic E-state index is 5.19. The van der Waals surface area contributed by atoms with Crippen LogP contribution in [0.5, 0.6) is 0 Å². The fourth-order valence-electron chi connectivity index (χ4n) is 1.51. The van der Waals surface area contributed by atoms with Gasteiger partial charge in [-0.1, -0.05) is 65.3 Å². The summed E-state index contributed by atoms with van der Waals surface area (Å²) in [6, 6.07) is 17.9. The summed E-state index contributed by atoms with van der Waals surface area (Å²) in [4.78, 5) is 5.19. The van der Waals surface area contributed by atoms with Gasteiger partial charge in [0.2, 0.25) is 0 Å². The SMILES string of the molecule is Cc1cccc(CO/N=[C]\c2ccccc2)c1. The highest BCUT2D eigenvalue weighted by molar-refractivity contribution is 5.78. The molecule has 0 saturated heterocycles. The molecular formula is C15H14NO. The van der Waals surface area contributed by atoms with E-state index < -0.39 is 0 Å². The third kappa shape index (κ3) is 3.76. The van der Waals surface area contributed by atoms with E-state index in [4.69, 9.17) is 4.84 Å². The summed E-state index contributed by atoms with van der Waals surface area (Å²) < 4.78 is 0. The first-order valence-electron chi connectivity index (χ1n) is 5.53. The number of aryl methyl sites for hydroxylation is 1. The Labute approximate surface area is 102 Å². The van der Waals surface area contributed by atoms with E-state index in [1.54, 1.807) is 0 Å². The zero-order chi connectivity index (χ0) is 11.9. The zero-order valence-corrected chi connectivity index (χ0v) is 9.76. The van der Waals surface area contributed by atoms with Gasteiger partial charge >= 0.3 is 0 Å². The van der Waals surface area contributed by atoms with Crippen LogP contribution in [0.3, 0.4) is 0 Å². The Kier molecular flexibility index (Phi) is 3.92. The minimum Gasteiger partial charge on any atom is -0.390 e. The summed E-state index contributed by atoms with van der Waals surface area (Å²) in [5.41, 5.74) is 3.25. The van der Waals surface area contributed by atoms with Crippen LogP contribution in [-0.4, -0.2) is 6.21 Å². The first-order chi connectivity index (χ1) is 8.34. The lowest BCUT2D eigenvalue weighted by atomic mass is 10.1. The monoisotopic (exact) mass is 224 g/mol. The third-order valence-electron chi connectivity index (χ3n) is 2.33. The van der Waals surface area contributed by atoms with Gasteiger partial charge in [-0.15, -0.1) is 0 Å². The van der Waals surface area contributed by atoms with Gasteiger partial charge in [0.05, 0.1) is 0 Å². The van der Waals surface area contributed by atoms with Crippen LogP contribution < -0.4 is 0 Å². The van der Waals surface area contributed by atoms with Gasteiger partial charge in [0, 0.05) is 5.56 Å². The fourth-order valence-corrected chi connectivity index (χ4v) is 1.51. The lowest BCUT2D eigenvalue weighted by Crippen LogP contribution is -1.88. The highest BCUT2D eigenvalue weighted by Gasteiger charge is 1.92. The molecule has 2 nitrogen and oxygen atoms in total. The number of nitrogens with zero attached hydrogens (tertiary/aromatic N) is 1. The molecule has 17 heavy (non-hydrogen) atoms. The molecule has 0 aromatic heterocycles. The van der Waals surface area contributed by atoms with E-state index in [0.29, 0.717) is 6.61 Å². The molecule has 2 aromatic rings. The predicted octanol–water partition coefficient (Wildman–Crippen LogP) is 3.42. The van der Waals surface area contributed by atoms with Crippen molar-refractivity contribution in [2.75, 3.05) is 0 Å². The van der Waals surface area contributed by atoms with Crippen molar-refractivity contribution >= 4 is 6.21 Å². The second-order valence-electron chi connectivity index (χ2n) is 3.83. The van der Waals surface area contributed by atoms with Gasteiger partial charge in [-0.2, -0.15) is 0 Å². The van der Waals surface area contributed by atoms with Crippen molar-refractivity contribution in [3.63, 3.8) is 0 Å². The van der Waals surface area contributed by atoms with E-state index >= 15 is 0 Å². The van der Waals surface area contributed by atoms with Crippen molar-refractivity contribution in [1.82, 2.24) is 0 Å². The van der Waals surface area contributed by atoms with Crippen LogP contribution >= 0.6 is 0 Å². The van der Waals surface area contributed by atoms with Crippen LogP contribution in [0, 0.1) is 6.92 Å². The van der Waals surface area contributed by atoms with Gasteiger partial charge in [0.15, 0.2) is 0 Å². The van der Waals surface area contributed by atoms with Gasteiger partial charge in [-0.25, -0.2) is 0 Å². The topological polar surface area (TPSA) is 21.6 Å². The molecule has 0 heterocycles. The molecule has 2 rings (SSSR count). The standard InChI is InChI=1S/C15H14NO/c1-13-6-5-9-15(10-13)12-17-16-11-14-7-3-2-4-8-14/h2-10H,12H2,1H3. The molecule has 2 heteroatoms. The molecule has 0 amide bonds. The molecule has 1 radical (unpaired) electrons. The van der Waals surface area contributed by atoms with Gasteiger partial charge in [-0.05, 0) is 12.5 Å². The summed E-state index contributed by atoms with van der Waals surface area (Å²) in [5, 5.41) is 3.82. The molecule has 0 fully saturated rings. The Hall–Kier alpha value is -2.09. The minimum atomic E-state index is 0.474. The van der Waals surface area contributed by atoms with Crippen molar-refractivity contribution in [2.45, 2.75) is 13.5 Å². The van der Waals surface area contributed by atoms with Crippen molar-refractivity contribution in [2.24, 2.45) is 5.16 Å². The predicted molar refractivity (Wildman–Crippen MR) is 68.9 cm³/mol. The van der Waals surface area contributed by atoms with Crippen LogP contribution in [0.4, 0.5) is 0 Å². The molecule has 0 aliphatic carbocycles. The molecule has 85 valence electrons. The summed E-state index contributed by atoms with van der Waals surface area (Å²) in [5.74, 6) is 0. The summed E-state index contributed by atoms with van der Waals surface area (Å²) in [6.45, 7) is 2.53. The van der Waals surface area contributed by atoms with Gasteiger partial charge in [-0.3, -0.25) is 0 Å². The van der Waals surface area contributed by atoms with Gasteiger partial charge in [0.1, 0.15) is 12.8 Å². The Morgan fingerprint density at radius 2 is 1.88 bits per heavy atom. The third-order valence-corrected chi connectivity index (χ3v) is 2.33. The molecule has 0 N–H and O–H groups in total. The van der Waals surface area contributed by atoms with Crippen LogP contribution in [0.2, 0.25) is 0 Å². The Morgan fingerprint density at radius 3 is 2.65 bits per heavy atom. The molecular weight excluding hydrogens is 210 g/mol. The molecule has 0 aliphatic heterocycles. The van der Waals surface area contributed by atoms with Gasteiger partial charge in [0.25, 0.3) is 0 Å². The average Bonchev–Trinajstić information content (AvgIpc) is 2.36. The highest BCUT2D eigenvalue weighted by Crippen LogP contribution is 2.05. The van der Waals surface area contributed by atoms with Crippen molar-refractivity contribution in [1.29, 1.82) is 0 Å². The lowest BCUT2D eigenvalue weighted by Gasteiger charge is -2.00. The van der Waals surface area contributed by atoms with E-state index in [0.717, 1.165) is 11.1 Å². The average molecular weight is 224 g/mol. The van der Waals surface area contributed by atoms with E-state index in [9.17, 15) is 0 Å². The van der Waals surface area contributed by atoms with E-state index in [-0.39, 0.29) is 0 Å². The smallest absolute Gasteiger partial charge is 0.142 e. The fraction of sp³-hybridized carbons (Fsp3) is 0.133. The summed E-state index contributed by atoms with van der Waals surface area (Å²) in [7, 11) is 0. The molecule has 2 aromatic carbocycles. The van der Waals surface area contributed by atoms with Crippen molar-refractivity contribution < 1.29 is 4.84 Å². The van der Waals surface area contributed by atoms with E-state index in [2.05, 4.69) is 30.4 Å². The van der Waals surface area contributed by atoms with Crippen LogP contribution in [0.25, 0.3) is 0 Å². The van der Waals surface area contributed by atoms with Gasteiger partial charge < -0.3 is 4.84 Å². The number of rotatable bonds is 4. The van der Waals surface area contributed by atoms with Crippen LogP contribution in [0.15, 0.2) is 59.8 Å². The van der Waals surface area contributed by atoms with E-state index in [1.807, 2.05) is 42.5 Å².